The molecule has 1 aromatic carbocycles. The fourth-order valence-electron chi connectivity index (χ4n) is 2.12. The summed E-state index contributed by atoms with van der Waals surface area (Å²) in [6, 6.07) is 7.11. The Morgan fingerprint density at radius 1 is 1.39 bits per heavy atom. The molecule has 5 heteroatoms. The van der Waals surface area contributed by atoms with Crippen LogP contribution in [0.5, 0.6) is 0 Å². The molecule has 0 bridgehead atoms. The van der Waals surface area contributed by atoms with Gasteiger partial charge >= 0.3 is 5.97 Å². The van der Waals surface area contributed by atoms with Crippen LogP contribution >= 0.6 is 11.3 Å². The molecule has 0 aliphatic heterocycles. The van der Waals surface area contributed by atoms with Crippen LogP contribution in [-0.2, 0) is 0 Å². The second-order valence-corrected chi connectivity index (χ2v) is 4.73. The van der Waals surface area contributed by atoms with Gasteiger partial charge in [0.15, 0.2) is 0 Å². The van der Waals surface area contributed by atoms with E-state index in [4.69, 9.17) is 0 Å². The van der Waals surface area contributed by atoms with Gasteiger partial charge in [-0.2, -0.15) is 11.3 Å². The predicted octanol–water partition coefficient (Wildman–Crippen LogP) is 3.09. The first-order chi connectivity index (χ1) is 8.68. The summed E-state index contributed by atoms with van der Waals surface area (Å²) in [6.45, 7) is 1.88. The van der Waals surface area contributed by atoms with E-state index in [2.05, 4.69) is 4.98 Å². The fraction of sp³-hybridized carbons (Fsp3) is 0.0769. The molecule has 18 heavy (non-hydrogen) atoms. The second-order valence-electron chi connectivity index (χ2n) is 3.95. The summed E-state index contributed by atoms with van der Waals surface area (Å²) >= 11 is 1.57. The SMILES string of the molecule is Cc1nc2cccc(C(=O)O)c2n1-c1ccsc1. The van der Waals surface area contributed by atoms with Crippen LogP contribution in [0.4, 0.5) is 0 Å². The number of nitrogens with zero attached hydrogens (tertiary/aromatic N) is 2. The Kier molecular flexibility index (Phi) is 2.41. The number of para-hydroxylation sites is 1. The van der Waals surface area contributed by atoms with Gasteiger partial charge in [0.1, 0.15) is 5.82 Å². The quantitative estimate of drug-likeness (QED) is 0.768. The van der Waals surface area contributed by atoms with E-state index in [0.717, 1.165) is 11.5 Å². The van der Waals surface area contributed by atoms with Gasteiger partial charge in [0.05, 0.1) is 22.3 Å². The van der Waals surface area contributed by atoms with Crippen molar-refractivity contribution >= 4 is 28.3 Å². The number of hydrogen-bond acceptors (Lipinski definition) is 3. The number of thiophene rings is 1. The minimum absolute atomic E-state index is 0.277. The van der Waals surface area contributed by atoms with Crippen molar-refractivity contribution < 1.29 is 9.90 Å². The highest BCUT2D eigenvalue weighted by Crippen LogP contribution is 2.25. The molecule has 0 spiro atoms. The summed E-state index contributed by atoms with van der Waals surface area (Å²) in [5, 5.41) is 13.2. The van der Waals surface area contributed by atoms with Gasteiger partial charge in [-0.3, -0.25) is 4.57 Å². The summed E-state index contributed by atoms with van der Waals surface area (Å²) in [6.07, 6.45) is 0. The van der Waals surface area contributed by atoms with Crippen LogP contribution in [0, 0.1) is 6.92 Å². The highest BCUT2D eigenvalue weighted by atomic mass is 32.1. The molecule has 90 valence electrons. The average molecular weight is 258 g/mol. The molecular weight excluding hydrogens is 248 g/mol. The number of carboxylic acid groups (broad SMARTS) is 1. The first kappa shape index (κ1) is 11.0. The monoisotopic (exact) mass is 258 g/mol. The maximum Gasteiger partial charge on any atom is 0.337 e. The molecule has 3 aromatic rings. The third-order valence-corrected chi connectivity index (χ3v) is 3.51. The first-order valence-corrected chi connectivity index (χ1v) is 6.36. The van der Waals surface area contributed by atoms with Gasteiger partial charge in [-0.15, -0.1) is 0 Å². The molecule has 0 aliphatic rings. The lowest BCUT2D eigenvalue weighted by molar-refractivity contribution is 0.0698. The molecule has 0 radical (unpaired) electrons. The molecule has 4 nitrogen and oxygen atoms in total. The normalized spacial score (nSPS) is 10.9. The van der Waals surface area contributed by atoms with E-state index in [1.807, 2.05) is 34.4 Å². The van der Waals surface area contributed by atoms with Gasteiger partial charge in [-0.05, 0) is 30.5 Å². The molecule has 2 heterocycles. The zero-order valence-electron chi connectivity index (χ0n) is 9.62. The number of imidazole rings is 1. The van der Waals surface area contributed by atoms with E-state index < -0.39 is 5.97 Å². The second kappa shape index (κ2) is 3.96. The van der Waals surface area contributed by atoms with Gasteiger partial charge in [-0.1, -0.05) is 6.07 Å². The van der Waals surface area contributed by atoms with E-state index in [0.29, 0.717) is 11.0 Å². The van der Waals surface area contributed by atoms with Crippen molar-refractivity contribution in [1.29, 1.82) is 0 Å². The minimum Gasteiger partial charge on any atom is -0.478 e. The number of carboxylic acids is 1. The van der Waals surface area contributed by atoms with Crippen molar-refractivity contribution in [3.05, 3.63) is 46.4 Å². The van der Waals surface area contributed by atoms with Crippen LogP contribution in [0.3, 0.4) is 0 Å². The zero-order valence-corrected chi connectivity index (χ0v) is 10.4. The molecule has 3 rings (SSSR count). The summed E-state index contributed by atoms with van der Waals surface area (Å²) < 4.78 is 1.88. The zero-order chi connectivity index (χ0) is 12.7. The lowest BCUT2D eigenvalue weighted by Crippen LogP contribution is -2.02. The van der Waals surface area contributed by atoms with Gasteiger partial charge in [0.2, 0.25) is 0 Å². The van der Waals surface area contributed by atoms with Crippen molar-refractivity contribution in [2.24, 2.45) is 0 Å². The van der Waals surface area contributed by atoms with E-state index in [-0.39, 0.29) is 5.56 Å². The molecule has 2 aromatic heterocycles. The number of aromatic carboxylic acids is 1. The van der Waals surface area contributed by atoms with Crippen molar-refractivity contribution in [1.82, 2.24) is 9.55 Å². The molecule has 1 N–H and O–H groups in total. The van der Waals surface area contributed by atoms with Crippen LogP contribution in [0.2, 0.25) is 0 Å². The van der Waals surface area contributed by atoms with Crippen LogP contribution in [0.1, 0.15) is 16.2 Å². The smallest absolute Gasteiger partial charge is 0.337 e. The van der Waals surface area contributed by atoms with Gasteiger partial charge < -0.3 is 5.11 Å². The molecule has 0 amide bonds. The highest BCUT2D eigenvalue weighted by molar-refractivity contribution is 7.08. The van der Waals surface area contributed by atoms with E-state index in [1.54, 1.807) is 23.5 Å². The number of aryl methyl sites for hydroxylation is 1. The molecular formula is C13H10N2O2S. The Hall–Kier alpha value is -2.14. The van der Waals surface area contributed by atoms with E-state index >= 15 is 0 Å². The summed E-state index contributed by atoms with van der Waals surface area (Å²) in [4.78, 5) is 15.7. The van der Waals surface area contributed by atoms with Crippen molar-refractivity contribution in [3.8, 4) is 5.69 Å². The number of rotatable bonds is 2. The third-order valence-electron chi connectivity index (χ3n) is 2.84. The van der Waals surface area contributed by atoms with Crippen LogP contribution in [-0.4, -0.2) is 20.6 Å². The summed E-state index contributed by atoms with van der Waals surface area (Å²) in [7, 11) is 0. The lowest BCUT2D eigenvalue weighted by atomic mass is 10.2. The lowest BCUT2D eigenvalue weighted by Gasteiger charge is -2.05. The Balaban J connectivity index is 2.44. The Morgan fingerprint density at radius 2 is 2.22 bits per heavy atom. The number of fused-ring (bicyclic) bond motifs is 1. The van der Waals surface area contributed by atoms with Crippen LogP contribution in [0.15, 0.2) is 35.0 Å². The Bertz CT molecular complexity index is 729. The topological polar surface area (TPSA) is 55.1 Å². The number of hydrogen-bond donors (Lipinski definition) is 1. The molecule has 0 aliphatic carbocycles. The van der Waals surface area contributed by atoms with Crippen molar-refractivity contribution in [3.63, 3.8) is 0 Å². The maximum atomic E-state index is 11.3. The van der Waals surface area contributed by atoms with Crippen molar-refractivity contribution in [2.45, 2.75) is 6.92 Å². The minimum atomic E-state index is -0.933. The number of benzene rings is 1. The van der Waals surface area contributed by atoms with Crippen molar-refractivity contribution in [2.75, 3.05) is 0 Å². The van der Waals surface area contributed by atoms with Crippen LogP contribution in [0.25, 0.3) is 16.7 Å². The van der Waals surface area contributed by atoms with Gasteiger partial charge in [-0.25, -0.2) is 9.78 Å². The Labute approximate surface area is 107 Å². The largest absolute Gasteiger partial charge is 0.478 e. The standard InChI is InChI=1S/C13H10N2O2S/c1-8-14-11-4-2-3-10(13(16)17)12(11)15(8)9-5-6-18-7-9/h2-7H,1H3,(H,16,17). The fourth-order valence-corrected chi connectivity index (χ4v) is 2.74. The Morgan fingerprint density at radius 3 is 2.89 bits per heavy atom. The van der Waals surface area contributed by atoms with E-state index in [1.165, 1.54) is 0 Å². The van der Waals surface area contributed by atoms with Gasteiger partial charge in [0.25, 0.3) is 0 Å². The average Bonchev–Trinajstić information content (AvgIpc) is 2.93. The van der Waals surface area contributed by atoms with Gasteiger partial charge in [0, 0.05) is 5.38 Å². The molecule has 0 atom stereocenters. The summed E-state index contributed by atoms with van der Waals surface area (Å²) in [5.41, 5.74) is 2.59. The van der Waals surface area contributed by atoms with E-state index in [9.17, 15) is 9.90 Å². The summed E-state index contributed by atoms with van der Waals surface area (Å²) in [5.74, 6) is -0.144. The molecule has 0 saturated heterocycles. The molecule has 0 saturated carbocycles. The highest BCUT2D eigenvalue weighted by Gasteiger charge is 2.16. The maximum absolute atomic E-state index is 11.3. The molecule has 0 fully saturated rings. The number of aromatic nitrogens is 2. The third kappa shape index (κ3) is 1.52. The first-order valence-electron chi connectivity index (χ1n) is 5.42. The molecule has 0 unspecified atom stereocenters. The van der Waals surface area contributed by atoms with Crippen LogP contribution < -0.4 is 0 Å². The predicted molar refractivity (Wildman–Crippen MR) is 70.6 cm³/mol. The number of carbonyl (C=O) groups is 1.